The van der Waals surface area contributed by atoms with Crippen molar-refractivity contribution in [2.24, 2.45) is 0 Å². The molecule has 0 atom stereocenters. The SMILES string of the molecule is O=C(c1cc(-c2ccc(O)cc2)nc2[nH]nc(/C=C/c3cccc(N4CCCCC4)c3)c12)N1CCNCC1. The smallest absolute Gasteiger partial charge is 0.254 e. The van der Waals surface area contributed by atoms with Crippen molar-refractivity contribution in [2.45, 2.75) is 19.3 Å². The molecule has 0 bridgehead atoms. The number of benzene rings is 2. The van der Waals surface area contributed by atoms with Crippen LogP contribution in [0.15, 0.2) is 54.6 Å². The molecule has 2 saturated heterocycles. The van der Waals surface area contributed by atoms with E-state index in [9.17, 15) is 9.90 Å². The third-order valence-corrected chi connectivity index (χ3v) is 7.38. The molecule has 6 rings (SSSR count). The van der Waals surface area contributed by atoms with Crippen molar-refractivity contribution >= 4 is 34.8 Å². The molecule has 1 amide bonds. The molecule has 3 N–H and O–H groups in total. The van der Waals surface area contributed by atoms with Gasteiger partial charge in [0.05, 0.1) is 22.3 Å². The number of hydrogen-bond donors (Lipinski definition) is 3. The minimum atomic E-state index is -0.0259. The van der Waals surface area contributed by atoms with Crippen molar-refractivity contribution in [3.8, 4) is 17.0 Å². The van der Waals surface area contributed by atoms with Crippen LogP contribution in [-0.2, 0) is 0 Å². The number of rotatable bonds is 5. The van der Waals surface area contributed by atoms with Gasteiger partial charge in [-0.2, -0.15) is 5.10 Å². The number of pyridine rings is 1. The van der Waals surface area contributed by atoms with Crippen molar-refractivity contribution in [1.29, 1.82) is 0 Å². The molecular weight excluding hydrogens is 476 g/mol. The number of H-pyrrole nitrogens is 1. The van der Waals surface area contributed by atoms with E-state index in [4.69, 9.17) is 4.98 Å². The fraction of sp³-hybridized carbons (Fsp3) is 0.300. The fourth-order valence-corrected chi connectivity index (χ4v) is 5.31. The maximum absolute atomic E-state index is 13.8. The van der Waals surface area contributed by atoms with Gasteiger partial charge in [-0.15, -0.1) is 0 Å². The fourth-order valence-electron chi connectivity index (χ4n) is 5.31. The number of anilines is 1. The molecule has 2 aromatic carbocycles. The molecule has 194 valence electrons. The first-order chi connectivity index (χ1) is 18.7. The van der Waals surface area contributed by atoms with Gasteiger partial charge in [-0.05, 0) is 73.4 Å². The molecule has 0 saturated carbocycles. The topological polar surface area (TPSA) is 97.4 Å². The third-order valence-electron chi connectivity index (χ3n) is 7.38. The van der Waals surface area contributed by atoms with Crippen LogP contribution >= 0.6 is 0 Å². The number of carbonyl (C=O) groups is 1. The Hall–Kier alpha value is -4.17. The van der Waals surface area contributed by atoms with Gasteiger partial charge in [-0.1, -0.05) is 18.2 Å². The first-order valence-electron chi connectivity index (χ1n) is 13.4. The molecule has 2 fully saturated rings. The van der Waals surface area contributed by atoms with E-state index in [1.54, 1.807) is 24.3 Å². The van der Waals surface area contributed by atoms with E-state index in [0.717, 1.165) is 42.7 Å². The number of aromatic amines is 1. The minimum Gasteiger partial charge on any atom is -0.508 e. The molecule has 8 nitrogen and oxygen atoms in total. The van der Waals surface area contributed by atoms with E-state index < -0.39 is 0 Å². The molecule has 4 heterocycles. The summed E-state index contributed by atoms with van der Waals surface area (Å²) in [5.74, 6) is 0.160. The van der Waals surface area contributed by atoms with Crippen LogP contribution in [0.3, 0.4) is 0 Å². The first kappa shape index (κ1) is 24.2. The van der Waals surface area contributed by atoms with E-state index in [2.05, 4.69) is 50.8 Å². The second kappa shape index (κ2) is 10.7. The van der Waals surface area contributed by atoms with Gasteiger partial charge in [0.15, 0.2) is 5.65 Å². The molecule has 2 aromatic heterocycles. The number of amides is 1. The Kier molecular flexibility index (Phi) is 6.79. The van der Waals surface area contributed by atoms with Crippen LogP contribution in [0.2, 0.25) is 0 Å². The number of piperazine rings is 1. The average molecular weight is 509 g/mol. The van der Waals surface area contributed by atoms with Gasteiger partial charge < -0.3 is 20.2 Å². The van der Waals surface area contributed by atoms with Gasteiger partial charge in [0, 0.05) is 50.5 Å². The lowest BCUT2D eigenvalue weighted by atomic mass is 10.0. The molecule has 0 unspecified atom stereocenters. The lowest BCUT2D eigenvalue weighted by Gasteiger charge is -2.29. The van der Waals surface area contributed by atoms with Crippen molar-refractivity contribution in [3.05, 3.63) is 71.4 Å². The first-order valence-corrected chi connectivity index (χ1v) is 13.4. The van der Waals surface area contributed by atoms with Gasteiger partial charge in [-0.25, -0.2) is 4.98 Å². The normalized spacial score (nSPS) is 16.4. The number of nitrogens with one attached hydrogen (secondary N) is 2. The predicted molar refractivity (Wildman–Crippen MR) is 151 cm³/mol. The van der Waals surface area contributed by atoms with Crippen LogP contribution < -0.4 is 10.2 Å². The third kappa shape index (κ3) is 4.99. The van der Waals surface area contributed by atoms with Crippen molar-refractivity contribution in [1.82, 2.24) is 25.4 Å². The number of carbonyl (C=O) groups excluding carboxylic acids is 1. The highest BCUT2D eigenvalue weighted by Crippen LogP contribution is 2.29. The maximum Gasteiger partial charge on any atom is 0.254 e. The predicted octanol–water partition coefficient (Wildman–Crippen LogP) is 4.54. The number of phenols is 1. The highest BCUT2D eigenvalue weighted by atomic mass is 16.3. The second-order valence-corrected chi connectivity index (χ2v) is 9.95. The highest BCUT2D eigenvalue weighted by Gasteiger charge is 2.24. The van der Waals surface area contributed by atoms with Gasteiger partial charge in [0.1, 0.15) is 5.75 Å². The summed E-state index contributed by atoms with van der Waals surface area (Å²) in [7, 11) is 0. The number of fused-ring (bicyclic) bond motifs is 1. The summed E-state index contributed by atoms with van der Waals surface area (Å²) in [6.07, 6.45) is 7.80. The molecule has 0 spiro atoms. The zero-order chi connectivity index (χ0) is 25.9. The molecular formula is C30H32N6O2. The van der Waals surface area contributed by atoms with Gasteiger partial charge in [0.25, 0.3) is 5.91 Å². The molecule has 4 aromatic rings. The van der Waals surface area contributed by atoms with Gasteiger partial charge >= 0.3 is 0 Å². The summed E-state index contributed by atoms with van der Waals surface area (Å²) in [4.78, 5) is 22.9. The Balaban J connectivity index is 1.38. The van der Waals surface area contributed by atoms with Gasteiger partial charge in [-0.3, -0.25) is 9.89 Å². The quantitative estimate of drug-likeness (QED) is 0.366. The average Bonchev–Trinajstić information content (AvgIpc) is 3.40. The summed E-state index contributed by atoms with van der Waals surface area (Å²) < 4.78 is 0. The molecule has 0 aliphatic carbocycles. The number of hydrogen-bond acceptors (Lipinski definition) is 6. The zero-order valence-electron chi connectivity index (χ0n) is 21.4. The number of phenolic OH excluding ortho intramolecular Hbond substituents is 1. The van der Waals surface area contributed by atoms with Crippen LogP contribution in [-0.4, -0.2) is 70.4 Å². The number of nitrogens with zero attached hydrogens (tertiary/aromatic N) is 4. The lowest BCUT2D eigenvalue weighted by Crippen LogP contribution is -2.46. The van der Waals surface area contributed by atoms with Crippen molar-refractivity contribution in [3.63, 3.8) is 0 Å². The zero-order valence-corrected chi connectivity index (χ0v) is 21.4. The molecule has 2 aliphatic heterocycles. The highest BCUT2D eigenvalue weighted by molar-refractivity contribution is 6.09. The minimum absolute atomic E-state index is 0.0259. The molecule has 0 radical (unpaired) electrons. The Bertz CT molecular complexity index is 1460. The Labute approximate surface area is 222 Å². The Morgan fingerprint density at radius 2 is 1.71 bits per heavy atom. The second-order valence-electron chi connectivity index (χ2n) is 9.95. The van der Waals surface area contributed by atoms with E-state index >= 15 is 0 Å². The van der Waals surface area contributed by atoms with Crippen LogP contribution in [0.1, 0.15) is 40.9 Å². The molecule has 8 heteroatoms. The van der Waals surface area contributed by atoms with E-state index in [-0.39, 0.29) is 11.7 Å². The Morgan fingerprint density at radius 1 is 0.921 bits per heavy atom. The van der Waals surface area contributed by atoms with E-state index in [1.807, 2.05) is 17.0 Å². The summed E-state index contributed by atoms with van der Waals surface area (Å²) in [5, 5.41) is 21.4. The van der Waals surface area contributed by atoms with Crippen LogP contribution in [0, 0.1) is 0 Å². The molecule has 38 heavy (non-hydrogen) atoms. The Morgan fingerprint density at radius 3 is 2.50 bits per heavy atom. The summed E-state index contributed by atoms with van der Waals surface area (Å²) in [6.45, 7) is 5.06. The molecule has 2 aliphatic rings. The van der Waals surface area contributed by atoms with Crippen LogP contribution in [0.5, 0.6) is 5.75 Å². The largest absolute Gasteiger partial charge is 0.508 e. The number of aromatic hydroxyl groups is 1. The van der Waals surface area contributed by atoms with Crippen molar-refractivity contribution < 1.29 is 9.90 Å². The number of piperidine rings is 1. The van der Waals surface area contributed by atoms with Gasteiger partial charge in [0.2, 0.25) is 0 Å². The standard InChI is InChI=1S/C30H32N6O2/c37-24-10-8-22(9-11-24)27-20-25(30(38)36-17-13-31-14-18-36)28-26(33-34-29(28)32-27)12-7-21-5-4-6-23(19-21)35-15-2-1-3-16-35/h4-12,19-20,31,37H,1-3,13-18H2,(H,32,33,34)/b12-7+. The summed E-state index contributed by atoms with van der Waals surface area (Å²) in [6, 6.07) is 17.3. The van der Waals surface area contributed by atoms with Crippen molar-refractivity contribution in [2.75, 3.05) is 44.2 Å². The van der Waals surface area contributed by atoms with E-state index in [1.165, 1.54) is 24.9 Å². The monoisotopic (exact) mass is 508 g/mol. The summed E-state index contributed by atoms with van der Waals surface area (Å²) >= 11 is 0. The summed E-state index contributed by atoms with van der Waals surface area (Å²) in [5.41, 5.74) is 5.64. The van der Waals surface area contributed by atoms with E-state index in [0.29, 0.717) is 35.7 Å². The van der Waals surface area contributed by atoms with Crippen LogP contribution in [0.4, 0.5) is 5.69 Å². The maximum atomic E-state index is 13.8. The lowest BCUT2D eigenvalue weighted by molar-refractivity contribution is 0.0737. The van der Waals surface area contributed by atoms with Crippen LogP contribution in [0.25, 0.3) is 34.4 Å². The number of aromatic nitrogens is 3.